The molecule has 1 aromatic rings. The van der Waals surface area contributed by atoms with Crippen molar-refractivity contribution in [2.75, 3.05) is 19.5 Å². The van der Waals surface area contributed by atoms with Crippen LogP contribution < -0.4 is 10.5 Å². The van der Waals surface area contributed by atoms with E-state index in [9.17, 15) is 4.79 Å². The van der Waals surface area contributed by atoms with Crippen molar-refractivity contribution >= 4 is 11.7 Å². The minimum atomic E-state index is -0.194. The van der Waals surface area contributed by atoms with Gasteiger partial charge in [0.15, 0.2) is 0 Å². The minimum absolute atomic E-state index is 0.182. The van der Waals surface area contributed by atoms with Crippen molar-refractivity contribution < 1.29 is 14.3 Å². The van der Waals surface area contributed by atoms with Gasteiger partial charge in [-0.3, -0.25) is 4.79 Å². The number of fused-ring (bicyclic) bond motifs is 1. The van der Waals surface area contributed by atoms with Crippen LogP contribution in [-0.4, -0.2) is 19.7 Å². The summed E-state index contributed by atoms with van der Waals surface area (Å²) in [6.07, 6.45) is 1.21. The van der Waals surface area contributed by atoms with Gasteiger partial charge in [0.2, 0.25) is 0 Å². The van der Waals surface area contributed by atoms with Crippen molar-refractivity contribution in [2.45, 2.75) is 12.8 Å². The number of esters is 1. The zero-order valence-corrected chi connectivity index (χ0v) is 9.23. The summed E-state index contributed by atoms with van der Waals surface area (Å²) in [7, 11) is 1.40. The fourth-order valence-corrected chi connectivity index (χ4v) is 1.93. The van der Waals surface area contributed by atoms with E-state index in [0.717, 1.165) is 23.4 Å². The molecule has 0 saturated heterocycles. The standard InChI is InChI=1S/C12H15NO3/c1-15-12(14)5-8-4-9-6-10(13)2-3-11(9)16-7-8/h2-3,6,8H,4-5,7,13H2,1H3. The molecule has 0 amide bonds. The van der Waals surface area contributed by atoms with E-state index >= 15 is 0 Å². The number of carbonyl (C=O) groups excluding carboxylic acids is 1. The first-order chi connectivity index (χ1) is 7.69. The minimum Gasteiger partial charge on any atom is -0.493 e. The van der Waals surface area contributed by atoms with Gasteiger partial charge in [0.1, 0.15) is 5.75 Å². The molecule has 1 aliphatic heterocycles. The summed E-state index contributed by atoms with van der Waals surface area (Å²) in [6.45, 7) is 0.562. The molecule has 1 heterocycles. The van der Waals surface area contributed by atoms with Crippen molar-refractivity contribution in [3.05, 3.63) is 23.8 Å². The number of hydrogen-bond acceptors (Lipinski definition) is 4. The topological polar surface area (TPSA) is 61.5 Å². The van der Waals surface area contributed by atoms with Gasteiger partial charge < -0.3 is 15.2 Å². The molecule has 16 heavy (non-hydrogen) atoms. The van der Waals surface area contributed by atoms with Gasteiger partial charge in [0, 0.05) is 11.6 Å². The first kappa shape index (κ1) is 10.8. The van der Waals surface area contributed by atoms with Crippen molar-refractivity contribution in [3.8, 4) is 5.75 Å². The molecule has 1 atom stereocenters. The molecule has 1 aromatic carbocycles. The van der Waals surface area contributed by atoms with Gasteiger partial charge in [0.05, 0.1) is 20.1 Å². The molecule has 0 bridgehead atoms. The van der Waals surface area contributed by atoms with Gasteiger partial charge in [-0.25, -0.2) is 0 Å². The van der Waals surface area contributed by atoms with E-state index in [-0.39, 0.29) is 11.9 Å². The Morgan fingerprint density at radius 3 is 3.19 bits per heavy atom. The Morgan fingerprint density at radius 1 is 1.62 bits per heavy atom. The number of anilines is 1. The van der Waals surface area contributed by atoms with Gasteiger partial charge in [-0.2, -0.15) is 0 Å². The van der Waals surface area contributed by atoms with Crippen LogP contribution in [0.15, 0.2) is 18.2 Å². The van der Waals surface area contributed by atoms with Gasteiger partial charge in [-0.1, -0.05) is 0 Å². The van der Waals surface area contributed by atoms with Crippen LogP contribution in [0.1, 0.15) is 12.0 Å². The number of nitrogens with two attached hydrogens (primary N) is 1. The number of methoxy groups -OCH3 is 1. The monoisotopic (exact) mass is 221 g/mol. The van der Waals surface area contributed by atoms with Crippen LogP contribution in [0.4, 0.5) is 5.69 Å². The lowest BCUT2D eigenvalue weighted by Crippen LogP contribution is -2.24. The Balaban J connectivity index is 2.08. The maximum absolute atomic E-state index is 11.2. The molecular formula is C12H15NO3. The SMILES string of the molecule is COC(=O)CC1COc2ccc(N)cc2C1. The molecule has 0 spiro atoms. The Kier molecular flexibility index (Phi) is 2.99. The lowest BCUT2D eigenvalue weighted by atomic mass is 9.94. The molecule has 1 aliphatic rings. The van der Waals surface area contributed by atoms with E-state index in [0.29, 0.717) is 13.0 Å². The summed E-state index contributed by atoms with van der Waals surface area (Å²) in [4.78, 5) is 11.2. The summed E-state index contributed by atoms with van der Waals surface area (Å²) in [6, 6.07) is 5.59. The molecule has 0 fully saturated rings. The number of rotatable bonds is 2. The molecule has 86 valence electrons. The number of carbonyl (C=O) groups is 1. The normalized spacial score (nSPS) is 18.4. The molecule has 2 N–H and O–H groups in total. The van der Waals surface area contributed by atoms with Gasteiger partial charge in [-0.05, 0) is 30.2 Å². The largest absolute Gasteiger partial charge is 0.493 e. The number of hydrogen-bond donors (Lipinski definition) is 1. The highest BCUT2D eigenvalue weighted by Gasteiger charge is 2.22. The number of ether oxygens (including phenoxy) is 2. The van der Waals surface area contributed by atoms with E-state index in [2.05, 4.69) is 4.74 Å². The Morgan fingerprint density at radius 2 is 2.44 bits per heavy atom. The fourth-order valence-electron chi connectivity index (χ4n) is 1.93. The summed E-state index contributed by atoms with van der Waals surface area (Å²) in [5.74, 6) is 0.859. The van der Waals surface area contributed by atoms with Crippen LogP contribution in [0.25, 0.3) is 0 Å². The third kappa shape index (κ3) is 2.27. The van der Waals surface area contributed by atoms with E-state index in [4.69, 9.17) is 10.5 Å². The third-order valence-corrected chi connectivity index (χ3v) is 2.75. The van der Waals surface area contributed by atoms with Crippen LogP contribution in [0, 0.1) is 5.92 Å². The second-order valence-corrected chi connectivity index (χ2v) is 4.03. The lowest BCUT2D eigenvalue weighted by Gasteiger charge is -2.24. The molecule has 4 heteroatoms. The van der Waals surface area contributed by atoms with Gasteiger partial charge in [-0.15, -0.1) is 0 Å². The quantitative estimate of drug-likeness (QED) is 0.605. The predicted octanol–water partition coefficient (Wildman–Crippen LogP) is 1.38. The number of benzene rings is 1. The summed E-state index contributed by atoms with van der Waals surface area (Å²) in [5, 5.41) is 0. The number of nitrogen functional groups attached to an aromatic ring is 1. The van der Waals surface area contributed by atoms with Gasteiger partial charge in [0.25, 0.3) is 0 Å². The molecule has 2 rings (SSSR count). The maximum atomic E-state index is 11.2. The third-order valence-electron chi connectivity index (χ3n) is 2.75. The molecule has 0 saturated carbocycles. The van der Waals surface area contributed by atoms with Crippen LogP contribution in [0.3, 0.4) is 0 Å². The molecular weight excluding hydrogens is 206 g/mol. The van der Waals surface area contributed by atoms with Crippen molar-refractivity contribution in [3.63, 3.8) is 0 Å². The van der Waals surface area contributed by atoms with Crippen LogP contribution in [-0.2, 0) is 16.0 Å². The molecule has 4 nitrogen and oxygen atoms in total. The predicted molar refractivity (Wildman–Crippen MR) is 60.2 cm³/mol. The van der Waals surface area contributed by atoms with E-state index in [1.165, 1.54) is 7.11 Å². The molecule has 1 unspecified atom stereocenters. The van der Waals surface area contributed by atoms with Crippen LogP contribution in [0.2, 0.25) is 0 Å². The molecule has 0 aliphatic carbocycles. The van der Waals surface area contributed by atoms with E-state index in [1.807, 2.05) is 18.2 Å². The Hall–Kier alpha value is -1.71. The Labute approximate surface area is 94.3 Å². The average Bonchev–Trinajstić information content (AvgIpc) is 2.28. The zero-order chi connectivity index (χ0) is 11.5. The van der Waals surface area contributed by atoms with Gasteiger partial charge >= 0.3 is 5.97 Å². The summed E-state index contributed by atoms with van der Waals surface area (Å²) < 4.78 is 10.2. The summed E-state index contributed by atoms with van der Waals surface area (Å²) in [5.41, 5.74) is 7.50. The van der Waals surface area contributed by atoms with Crippen molar-refractivity contribution in [2.24, 2.45) is 5.92 Å². The fraction of sp³-hybridized carbons (Fsp3) is 0.417. The first-order valence-electron chi connectivity index (χ1n) is 5.27. The molecule has 0 aromatic heterocycles. The van der Waals surface area contributed by atoms with Crippen LogP contribution in [0.5, 0.6) is 5.75 Å². The first-order valence-corrected chi connectivity index (χ1v) is 5.27. The maximum Gasteiger partial charge on any atom is 0.305 e. The zero-order valence-electron chi connectivity index (χ0n) is 9.23. The van der Waals surface area contributed by atoms with Crippen LogP contribution >= 0.6 is 0 Å². The van der Waals surface area contributed by atoms with E-state index in [1.54, 1.807) is 0 Å². The average molecular weight is 221 g/mol. The smallest absolute Gasteiger partial charge is 0.305 e. The van der Waals surface area contributed by atoms with Crippen molar-refractivity contribution in [1.29, 1.82) is 0 Å². The highest BCUT2D eigenvalue weighted by molar-refractivity contribution is 5.69. The second kappa shape index (κ2) is 4.43. The second-order valence-electron chi connectivity index (χ2n) is 4.03. The highest BCUT2D eigenvalue weighted by Crippen LogP contribution is 2.30. The highest BCUT2D eigenvalue weighted by atomic mass is 16.5. The van der Waals surface area contributed by atoms with E-state index < -0.39 is 0 Å². The van der Waals surface area contributed by atoms with Crippen molar-refractivity contribution in [1.82, 2.24) is 0 Å². The Bertz CT molecular complexity index is 403. The lowest BCUT2D eigenvalue weighted by molar-refractivity contribution is -0.142. The molecule has 0 radical (unpaired) electrons. The summed E-state index contributed by atoms with van der Waals surface area (Å²) >= 11 is 0.